The summed E-state index contributed by atoms with van der Waals surface area (Å²) < 4.78 is 10.5. The third kappa shape index (κ3) is 2.06. The summed E-state index contributed by atoms with van der Waals surface area (Å²) in [5.41, 5.74) is 1.12. The van der Waals surface area contributed by atoms with E-state index in [0.29, 0.717) is 46.1 Å². The zero-order valence-corrected chi connectivity index (χ0v) is 11.5. The van der Waals surface area contributed by atoms with Crippen molar-refractivity contribution < 1.29 is 24.2 Å². The van der Waals surface area contributed by atoms with Gasteiger partial charge in [0, 0.05) is 17.2 Å². The molecule has 0 spiro atoms. The number of hydrogen-bond acceptors (Lipinski definition) is 5. The van der Waals surface area contributed by atoms with Crippen LogP contribution < -0.4 is 4.74 Å². The molecule has 0 fully saturated rings. The first-order valence-electron chi connectivity index (χ1n) is 6.72. The maximum Gasteiger partial charge on any atom is 0.341 e. The molecule has 2 aromatic carbocycles. The molecule has 2 aromatic rings. The van der Waals surface area contributed by atoms with Gasteiger partial charge in [0.1, 0.15) is 5.75 Å². The second kappa shape index (κ2) is 5.18. The fourth-order valence-electron chi connectivity index (χ4n) is 2.75. The minimum Gasteiger partial charge on any atom is -0.492 e. The first-order chi connectivity index (χ1) is 10.2. The Labute approximate surface area is 121 Å². The van der Waals surface area contributed by atoms with Crippen LogP contribution in [-0.4, -0.2) is 30.3 Å². The van der Waals surface area contributed by atoms with E-state index < -0.39 is 12.3 Å². The van der Waals surface area contributed by atoms with Crippen LogP contribution in [0, 0.1) is 0 Å². The van der Waals surface area contributed by atoms with Crippen molar-refractivity contribution in [2.75, 3.05) is 6.61 Å². The van der Waals surface area contributed by atoms with Gasteiger partial charge in [0.15, 0.2) is 6.29 Å². The first kappa shape index (κ1) is 13.6. The van der Waals surface area contributed by atoms with Gasteiger partial charge < -0.3 is 14.6 Å². The zero-order valence-electron chi connectivity index (χ0n) is 11.5. The van der Waals surface area contributed by atoms with E-state index in [1.165, 1.54) is 0 Å². The topological polar surface area (TPSA) is 72.8 Å². The molecule has 0 aromatic heterocycles. The Bertz CT molecular complexity index is 735. The molecule has 108 valence electrons. The van der Waals surface area contributed by atoms with Gasteiger partial charge in [-0.3, -0.25) is 4.79 Å². The van der Waals surface area contributed by atoms with Crippen molar-refractivity contribution in [1.82, 2.24) is 0 Å². The number of aldehydes is 1. The van der Waals surface area contributed by atoms with Gasteiger partial charge in [0.2, 0.25) is 6.29 Å². The molecule has 1 N–H and O–H groups in total. The highest BCUT2D eigenvalue weighted by atomic mass is 16.6. The Balaban J connectivity index is 2.44. The van der Waals surface area contributed by atoms with Gasteiger partial charge >= 0.3 is 5.97 Å². The summed E-state index contributed by atoms with van der Waals surface area (Å²) >= 11 is 0. The summed E-state index contributed by atoms with van der Waals surface area (Å²) in [6.45, 7) is 2.22. The second-order valence-electron chi connectivity index (χ2n) is 4.76. The number of aliphatic hydroxyl groups is 1. The minimum absolute atomic E-state index is 0.0834. The summed E-state index contributed by atoms with van der Waals surface area (Å²) in [5.74, 6) is -0.171. The van der Waals surface area contributed by atoms with E-state index in [0.717, 1.165) is 0 Å². The molecule has 1 unspecified atom stereocenters. The number of cyclic esters (lactones) is 1. The van der Waals surface area contributed by atoms with Gasteiger partial charge in [-0.1, -0.05) is 24.3 Å². The molecule has 0 aliphatic carbocycles. The standard InChI is InChI=1S/C16H14O5/c1-2-20-15-10-6-4-3-5-9(10)14-11(12(15)8-17)7-13(18)21-16(14)19/h3-6,8,13,18H,2,7H2,1H3. The van der Waals surface area contributed by atoms with Gasteiger partial charge in [0.05, 0.1) is 17.7 Å². The Hall–Kier alpha value is -2.40. The van der Waals surface area contributed by atoms with Gasteiger partial charge in [-0.05, 0) is 12.5 Å². The lowest BCUT2D eigenvalue weighted by Crippen LogP contribution is -2.28. The molecular formula is C16H14O5. The number of carbonyl (C=O) groups excluding carboxylic acids is 2. The lowest BCUT2D eigenvalue weighted by Gasteiger charge is -2.25. The third-order valence-corrected chi connectivity index (χ3v) is 3.55. The van der Waals surface area contributed by atoms with E-state index in [-0.39, 0.29) is 6.42 Å². The number of fused-ring (bicyclic) bond motifs is 3. The van der Waals surface area contributed by atoms with E-state index in [1.54, 1.807) is 18.2 Å². The number of esters is 1. The lowest BCUT2D eigenvalue weighted by molar-refractivity contribution is -0.0685. The maximum atomic E-state index is 12.1. The molecule has 3 rings (SSSR count). The van der Waals surface area contributed by atoms with Crippen LogP contribution in [-0.2, 0) is 11.2 Å². The van der Waals surface area contributed by atoms with Crippen molar-refractivity contribution in [1.29, 1.82) is 0 Å². The van der Waals surface area contributed by atoms with Crippen molar-refractivity contribution >= 4 is 23.0 Å². The van der Waals surface area contributed by atoms with Crippen molar-refractivity contribution in [3.8, 4) is 5.75 Å². The molecule has 1 aliphatic rings. The maximum absolute atomic E-state index is 12.1. The quantitative estimate of drug-likeness (QED) is 0.691. The molecule has 0 saturated heterocycles. The summed E-state index contributed by atoms with van der Waals surface area (Å²) in [5, 5.41) is 11.0. The Kier molecular flexibility index (Phi) is 3.35. The number of ether oxygens (including phenoxy) is 2. The molecule has 1 heterocycles. The highest BCUT2D eigenvalue weighted by molar-refractivity contribution is 6.12. The number of aliphatic hydroxyl groups excluding tert-OH is 1. The predicted octanol–water partition coefficient (Wildman–Crippen LogP) is 2.08. The largest absolute Gasteiger partial charge is 0.492 e. The first-order valence-corrected chi connectivity index (χ1v) is 6.72. The second-order valence-corrected chi connectivity index (χ2v) is 4.76. The fourth-order valence-corrected chi connectivity index (χ4v) is 2.75. The number of benzene rings is 2. The molecule has 1 aliphatic heterocycles. The SMILES string of the molecule is CCOc1c(C=O)c2c(c3ccccc13)C(=O)OC(O)C2. The van der Waals surface area contributed by atoms with Crippen molar-refractivity contribution in [3.63, 3.8) is 0 Å². The van der Waals surface area contributed by atoms with E-state index in [2.05, 4.69) is 0 Å². The highest BCUT2D eigenvalue weighted by Gasteiger charge is 2.31. The minimum atomic E-state index is -1.24. The van der Waals surface area contributed by atoms with Crippen molar-refractivity contribution in [2.45, 2.75) is 19.6 Å². The molecule has 0 saturated carbocycles. The average Bonchev–Trinajstić information content (AvgIpc) is 2.47. The van der Waals surface area contributed by atoms with Crippen LogP contribution in [0.25, 0.3) is 10.8 Å². The fraction of sp³-hybridized carbons (Fsp3) is 0.250. The van der Waals surface area contributed by atoms with E-state index >= 15 is 0 Å². The molecule has 1 atom stereocenters. The van der Waals surface area contributed by atoms with Crippen LogP contribution in [0.1, 0.15) is 33.2 Å². The van der Waals surface area contributed by atoms with E-state index in [4.69, 9.17) is 9.47 Å². The van der Waals surface area contributed by atoms with Gasteiger partial charge in [0.25, 0.3) is 0 Å². The number of hydrogen-bond donors (Lipinski definition) is 1. The van der Waals surface area contributed by atoms with Crippen LogP contribution in [0.3, 0.4) is 0 Å². The highest BCUT2D eigenvalue weighted by Crippen LogP contribution is 2.38. The van der Waals surface area contributed by atoms with Crippen LogP contribution in [0.2, 0.25) is 0 Å². The van der Waals surface area contributed by atoms with Crippen LogP contribution in [0.15, 0.2) is 24.3 Å². The molecule has 5 heteroatoms. The van der Waals surface area contributed by atoms with Gasteiger partial charge in [-0.15, -0.1) is 0 Å². The predicted molar refractivity (Wildman–Crippen MR) is 75.6 cm³/mol. The van der Waals surface area contributed by atoms with Crippen LogP contribution >= 0.6 is 0 Å². The van der Waals surface area contributed by atoms with E-state index in [1.807, 2.05) is 13.0 Å². The smallest absolute Gasteiger partial charge is 0.341 e. The molecule has 21 heavy (non-hydrogen) atoms. The Morgan fingerprint density at radius 1 is 1.38 bits per heavy atom. The molecule has 5 nitrogen and oxygen atoms in total. The van der Waals surface area contributed by atoms with Crippen molar-refractivity contribution in [3.05, 3.63) is 41.0 Å². The van der Waals surface area contributed by atoms with E-state index in [9.17, 15) is 14.7 Å². The lowest BCUT2D eigenvalue weighted by atomic mass is 9.90. The van der Waals surface area contributed by atoms with Crippen LogP contribution in [0.5, 0.6) is 5.75 Å². The number of rotatable bonds is 3. The van der Waals surface area contributed by atoms with Crippen LogP contribution in [0.4, 0.5) is 0 Å². The Morgan fingerprint density at radius 3 is 2.76 bits per heavy atom. The third-order valence-electron chi connectivity index (χ3n) is 3.55. The monoisotopic (exact) mass is 286 g/mol. The summed E-state index contributed by atoms with van der Waals surface area (Å²) in [4.78, 5) is 23.6. The number of carbonyl (C=O) groups is 2. The summed E-state index contributed by atoms with van der Waals surface area (Å²) in [6, 6.07) is 7.20. The molecular weight excluding hydrogens is 272 g/mol. The zero-order chi connectivity index (χ0) is 15.0. The average molecular weight is 286 g/mol. The molecule has 0 bridgehead atoms. The normalized spacial score (nSPS) is 17.2. The van der Waals surface area contributed by atoms with Gasteiger partial charge in [-0.25, -0.2) is 4.79 Å². The summed E-state index contributed by atoms with van der Waals surface area (Å²) in [6.07, 6.45) is -0.485. The van der Waals surface area contributed by atoms with Gasteiger partial charge in [-0.2, -0.15) is 0 Å². The molecule has 0 radical (unpaired) electrons. The van der Waals surface area contributed by atoms with Crippen molar-refractivity contribution in [2.24, 2.45) is 0 Å². The Morgan fingerprint density at radius 2 is 2.10 bits per heavy atom. The summed E-state index contributed by atoms with van der Waals surface area (Å²) in [7, 11) is 0. The molecule has 0 amide bonds.